The number of carbonyl (C=O) groups excluding carboxylic acids is 2. The molecule has 0 bridgehead atoms. The molecule has 5 nitrogen and oxygen atoms in total. The standard InChI is InChI=1S/C15H18F3NO4/c1-2-23-12(21)6-8-19(7-3-9-20)15(22)10-4-5-11(16)14(18)13(10)17/h4-5,20H,2-3,6-9H2,1H3. The number of ether oxygens (including phenoxy) is 1. The smallest absolute Gasteiger partial charge is 0.307 e. The monoisotopic (exact) mass is 333 g/mol. The number of amides is 1. The highest BCUT2D eigenvalue weighted by molar-refractivity contribution is 5.94. The van der Waals surface area contributed by atoms with Gasteiger partial charge < -0.3 is 14.7 Å². The first-order valence-corrected chi connectivity index (χ1v) is 7.11. The Morgan fingerprint density at radius 3 is 2.48 bits per heavy atom. The van der Waals surface area contributed by atoms with E-state index in [1.807, 2.05) is 0 Å². The molecule has 23 heavy (non-hydrogen) atoms. The summed E-state index contributed by atoms with van der Waals surface area (Å²) in [5.74, 6) is -6.14. The minimum atomic E-state index is -1.73. The zero-order valence-corrected chi connectivity index (χ0v) is 12.7. The second kappa shape index (κ2) is 9.14. The van der Waals surface area contributed by atoms with Crippen LogP contribution < -0.4 is 0 Å². The van der Waals surface area contributed by atoms with Gasteiger partial charge in [0.15, 0.2) is 17.5 Å². The quantitative estimate of drug-likeness (QED) is 0.583. The van der Waals surface area contributed by atoms with Crippen LogP contribution in [0.3, 0.4) is 0 Å². The molecule has 8 heteroatoms. The van der Waals surface area contributed by atoms with Crippen molar-refractivity contribution in [2.75, 3.05) is 26.3 Å². The highest BCUT2D eigenvalue weighted by Crippen LogP contribution is 2.17. The van der Waals surface area contributed by atoms with Crippen LogP contribution >= 0.6 is 0 Å². The van der Waals surface area contributed by atoms with Crippen LogP contribution in [0.25, 0.3) is 0 Å². The number of benzene rings is 1. The van der Waals surface area contributed by atoms with Crippen LogP contribution in [0, 0.1) is 17.5 Å². The molecule has 1 rings (SSSR count). The number of carbonyl (C=O) groups is 2. The van der Waals surface area contributed by atoms with E-state index in [0.29, 0.717) is 6.07 Å². The van der Waals surface area contributed by atoms with Crippen molar-refractivity contribution in [3.05, 3.63) is 35.1 Å². The van der Waals surface area contributed by atoms with Crippen LogP contribution in [0.2, 0.25) is 0 Å². The minimum Gasteiger partial charge on any atom is -0.466 e. The van der Waals surface area contributed by atoms with Gasteiger partial charge in [-0.3, -0.25) is 9.59 Å². The fraction of sp³-hybridized carbons (Fsp3) is 0.467. The SMILES string of the molecule is CCOC(=O)CCN(CCCO)C(=O)c1ccc(F)c(F)c1F. The number of esters is 1. The molecule has 0 spiro atoms. The van der Waals surface area contributed by atoms with E-state index in [1.54, 1.807) is 6.92 Å². The second-order valence-corrected chi connectivity index (χ2v) is 4.65. The fourth-order valence-corrected chi connectivity index (χ4v) is 1.90. The van der Waals surface area contributed by atoms with Gasteiger partial charge in [0.05, 0.1) is 18.6 Å². The molecule has 1 amide bonds. The molecule has 1 N–H and O–H groups in total. The number of halogens is 3. The zero-order chi connectivity index (χ0) is 17.4. The van der Waals surface area contributed by atoms with E-state index in [0.717, 1.165) is 11.0 Å². The molecular formula is C15H18F3NO4. The van der Waals surface area contributed by atoms with Gasteiger partial charge in [-0.15, -0.1) is 0 Å². The molecule has 1 aromatic rings. The number of aliphatic hydroxyl groups excluding tert-OH is 1. The Morgan fingerprint density at radius 1 is 1.17 bits per heavy atom. The average molecular weight is 333 g/mol. The Hall–Kier alpha value is -2.09. The second-order valence-electron chi connectivity index (χ2n) is 4.65. The van der Waals surface area contributed by atoms with Crippen molar-refractivity contribution in [1.29, 1.82) is 0 Å². The van der Waals surface area contributed by atoms with Crippen LogP contribution in [0.5, 0.6) is 0 Å². The van der Waals surface area contributed by atoms with Gasteiger partial charge in [0, 0.05) is 19.7 Å². The highest BCUT2D eigenvalue weighted by atomic mass is 19.2. The molecule has 0 aliphatic rings. The molecule has 0 fully saturated rings. The molecule has 0 heterocycles. The lowest BCUT2D eigenvalue weighted by atomic mass is 10.1. The number of aliphatic hydroxyl groups is 1. The number of rotatable bonds is 8. The van der Waals surface area contributed by atoms with E-state index in [1.165, 1.54) is 0 Å². The minimum absolute atomic E-state index is 0.0349. The average Bonchev–Trinajstić information content (AvgIpc) is 2.52. The van der Waals surface area contributed by atoms with Gasteiger partial charge in [-0.1, -0.05) is 0 Å². The third kappa shape index (κ3) is 5.24. The van der Waals surface area contributed by atoms with Crippen molar-refractivity contribution in [3.8, 4) is 0 Å². The largest absolute Gasteiger partial charge is 0.466 e. The maximum Gasteiger partial charge on any atom is 0.307 e. The predicted molar refractivity (Wildman–Crippen MR) is 75.2 cm³/mol. The molecule has 128 valence electrons. The number of hydrogen-bond donors (Lipinski definition) is 1. The topological polar surface area (TPSA) is 66.8 Å². The Balaban J connectivity index is 2.91. The molecule has 0 saturated carbocycles. The summed E-state index contributed by atoms with van der Waals surface area (Å²) in [7, 11) is 0. The Labute approximate surface area is 131 Å². The fourth-order valence-electron chi connectivity index (χ4n) is 1.90. The maximum absolute atomic E-state index is 13.7. The summed E-state index contributed by atoms with van der Waals surface area (Å²) in [5, 5.41) is 8.85. The first kappa shape index (κ1) is 19.0. The van der Waals surface area contributed by atoms with Crippen molar-refractivity contribution in [2.24, 2.45) is 0 Å². The Morgan fingerprint density at radius 2 is 1.87 bits per heavy atom. The van der Waals surface area contributed by atoms with Gasteiger partial charge in [-0.25, -0.2) is 13.2 Å². The molecule has 0 unspecified atom stereocenters. The summed E-state index contributed by atoms with van der Waals surface area (Å²) >= 11 is 0. The van der Waals surface area contributed by atoms with Gasteiger partial charge in [0.25, 0.3) is 5.91 Å². The molecule has 0 aliphatic heterocycles. The zero-order valence-electron chi connectivity index (χ0n) is 12.7. The summed E-state index contributed by atoms with van der Waals surface area (Å²) in [5.41, 5.74) is -0.634. The normalized spacial score (nSPS) is 10.5. The van der Waals surface area contributed by atoms with Gasteiger partial charge in [-0.05, 0) is 25.5 Å². The van der Waals surface area contributed by atoms with E-state index in [2.05, 4.69) is 0 Å². The van der Waals surface area contributed by atoms with Crippen LogP contribution in [0.15, 0.2) is 12.1 Å². The molecule has 0 aliphatic carbocycles. The molecule has 1 aromatic carbocycles. The van der Waals surface area contributed by atoms with Crippen LogP contribution in [0.4, 0.5) is 13.2 Å². The van der Waals surface area contributed by atoms with Crippen molar-refractivity contribution in [1.82, 2.24) is 4.90 Å². The molecule has 0 saturated heterocycles. The maximum atomic E-state index is 13.7. The van der Waals surface area contributed by atoms with Gasteiger partial charge in [0.1, 0.15) is 0 Å². The van der Waals surface area contributed by atoms with Gasteiger partial charge in [-0.2, -0.15) is 0 Å². The molecule has 0 aromatic heterocycles. The third-order valence-corrected chi connectivity index (χ3v) is 3.03. The van der Waals surface area contributed by atoms with E-state index < -0.39 is 34.9 Å². The molecular weight excluding hydrogens is 315 g/mol. The summed E-state index contributed by atoms with van der Waals surface area (Å²) in [6.45, 7) is 1.54. The van der Waals surface area contributed by atoms with Crippen molar-refractivity contribution in [2.45, 2.75) is 19.8 Å². The summed E-state index contributed by atoms with van der Waals surface area (Å²) in [6, 6.07) is 1.49. The van der Waals surface area contributed by atoms with Crippen LogP contribution in [0.1, 0.15) is 30.1 Å². The lowest BCUT2D eigenvalue weighted by Crippen LogP contribution is -2.35. The predicted octanol–water partition coefficient (Wildman–Crippen LogP) is 1.88. The van der Waals surface area contributed by atoms with Crippen LogP contribution in [-0.4, -0.2) is 48.2 Å². The number of hydrogen-bond acceptors (Lipinski definition) is 4. The lowest BCUT2D eigenvalue weighted by Gasteiger charge is -2.22. The lowest BCUT2D eigenvalue weighted by molar-refractivity contribution is -0.143. The molecule has 0 radical (unpaired) electrons. The third-order valence-electron chi connectivity index (χ3n) is 3.03. The first-order chi connectivity index (χ1) is 10.9. The van der Waals surface area contributed by atoms with Crippen LogP contribution in [-0.2, 0) is 9.53 Å². The Bertz CT molecular complexity index is 566. The first-order valence-electron chi connectivity index (χ1n) is 7.11. The van der Waals surface area contributed by atoms with E-state index in [4.69, 9.17) is 9.84 Å². The van der Waals surface area contributed by atoms with E-state index in [9.17, 15) is 22.8 Å². The summed E-state index contributed by atoms with van der Waals surface area (Å²) in [6.07, 6.45) is 0.0656. The number of nitrogens with zero attached hydrogens (tertiary/aromatic N) is 1. The summed E-state index contributed by atoms with van der Waals surface area (Å²) < 4.78 is 44.6. The molecule has 0 atom stereocenters. The van der Waals surface area contributed by atoms with E-state index in [-0.39, 0.29) is 39.1 Å². The van der Waals surface area contributed by atoms with Crippen molar-refractivity contribution in [3.63, 3.8) is 0 Å². The van der Waals surface area contributed by atoms with E-state index >= 15 is 0 Å². The van der Waals surface area contributed by atoms with Crippen molar-refractivity contribution < 1.29 is 32.6 Å². The Kier molecular flexibility index (Phi) is 7.53. The highest BCUT2D eigenvalue weighted by Gasteiger charge is 2.23. The van der Waals surface area contributed by atoms with Crippen molar-refractivity contribution >= 4 is 11.9 Å². The van der Waals surface area contributed by atoms with Gasteiger partial charge >= 0.3 is 5.97 Å². The summed E-state index contributed by atoms with van der Waals surface area (Å²) in [4.78, 5) is 24.7. The van der Waals surface area contributed by atoms with Gasteiger partial charge in [0.2, 0.25) is 0 Å².